The number of dihydropyridines is 1. The van der Waals surface area contributed by atoms with Gasteiger partial charge >= 0.3 is 0 Å². The van der Waals surface area contributed by atoms with Gasteiger partial charge in [0.2, 0.25) is 0 Å². The van der Waals surface area contributed by atoms with Gasteiger partial charge in [-0.25, -0.2) is 9.98 Å². The monoisotopic (exact) mass is 684 g/mol. The molecule has 3 aliphatic carbocycles. The minimum absolute atomic E-state index is 0.0479. The zero-order valence-electron chi connectivity index (χ0n) is 29.6. The number of hydrogen-bond acceptors (Lipinski definition) is 2. The number of aryl methyl sites for hydroxylation is 1. The van der Waals surface area contributed by atoms with E-state index in [9.17, 15) is 0 Å². The van der Waals surface area contributed by atoms with Gasteiger partial charge in [0.05, 0.1) is 18.0 Å². The van der Waals surface area contributed by atoms with Crippen molar-refractivity contribution in [3.63, 3.8) is 0 Å². The van der Waals surface area contributed by atoms with E-state index in [-0.39, 0.29) is 6.04 Å². The predicted octanol–water partition coefficient (Wildman–Crippen LogP) is 10.6. The van der Waals surface area contributed by atoms with Gasteiger partial charge in [-0.1, -0.05) is 140 Å². The lowest BCUT2D eigenvalue weighted by Gasteiger charge is -2.40. The third kappa shape index (κ3) is 5.87. The summed E-state index contributed by atoms with van der Waals surface area (Å²) in [6.45, 7) is 4.40. The molecule has 1 aliphatic heterocycles. The van der Waals surface area contributed by atoms with Crippen molar-refractivity contribution in [3.8, 4) is 11.1 Å². The molecule has 256 valence electrons. The van der Waals surface area contributed by atoms with E-state index in [1.807, 2.05) is 0 Å². The molecule has 0 aromatic heterocycles. The van der Waals surface area contributed by atoms with E-state index in [1.165, 1.54) is 44.3 Å². The average molecular weight is 685 g/mol. The van der Waals surface area contributed by atoms with Crippen LogP contribution in [0.15, 0.2) is 185 Å². The van der Waals surface area contributed by atoms with E-state index in [2.05, 4.69) is 187 Å². The molecular weight excluding hydrogens is 645 g/mol. The van der Waals surface area contributed by atoms with Crippen LogP contribution >= 0.6 is 0 Å². The van der Waals surface area contributed by atoms with E-state index < -0.39 is 5.41 Å². The van der Waals surface area contributed by atoms with Crippen LogP contribution < -0.4 is 5.32 Å². The van der Waals surface area contributed by atoms with Gasteiger partial charge in [-0.15, -0.1) is 0 Å². The largest absolute Gasteiger partial charge is 0.383 e. The van der Waals surface area contributed by atoms with Crippen molar-refractivity contribution in [3.05, 3.63) is 209 Å². The molecular formula is C49H40N4. The van der Waals surface area contributed by atoms with Gasteiger partial charge in [-0.3, -0.25) is 4.99 Å². The Kier molecular flexibility index (Phi) is 8.57. The number of amidine groups is 2. The zero-order chi connectivity index (χ0) is 35.6. The summed E-state index contributed by atoms with van der Waals surface area (Å²) in [5.41, 5.74) is 11.6. The van der Waals surface area contributed by atoms with E-state index in [0.29, 0.717) is 18.2 Å². The van der Waals surface area contributed by atoms with Crippen LogP contribution in [0.2, 0.25) is 0 Å². The normalized spacial score (nSPS) is 20.0. The Hall–Kier alpha value is -6.39. The highest BCUT2D eigenvalue weighted by Crippen LogP contribution is 2.56. The topological polar surface area (TPSA) is 49.1 Å². The quantitative estimate of drug-likeness (QED) is 0.140. The molecule has 0 spiro atoms. The Balaban J connectivity index is 1.16. The first kappa shape index (κ1) is 32.5. The lowest BCUT2D eigenvalue weighted by atomic mass is 9.66. The van der Waals surface area contributed by atoms with Crippen molar-refractivity contribution in [1.82, 2.24) is 5.32 Å². The van der Waals surface area contributed by atoms with Gasteiger partial charge in [0.1, 0.15) is 0 Å². The smallest absolute Gasteiger partial charge is 0.161 e. The van der Waals surface area contributed by atoms with Gasteiger partial charge in [0.15, 0.2) is 11.7 Å². The second-order valence-electron chi connectivity index (χ2n) is 14.0. The fourth-order valence-electron chi connectivity index (χ4n) is 8.42. The van der Waals surface area contributed by atoms with Gasteiger partial charge in [0, 0.05) is 11.1 Å². The third-order valence-electron chi connectivity index (χ3n) is 10.9. The minimum Gasteiger partial charge on any atom is -0.383 e. The van der Waals surface area contributed by atoms with Crippen molar-refractivity contribution in [2.45, 2.75) is 37.3 Å². The average Bonchev–Trinajstić information content (AvgIpc) is 3.32. The first-order valence-corrected chi connectivity index (χ1v) is 18.5. The second-order valence-corrected chi connectivity index (χ2v) is 14.0. The highest BCUT2D eigenvalue weighted by Gasteiger charge is 2.50. The van der Waals surface area contributed by atoms with Gasteiger partial charge in [-0.05, 0) is 112 Å². The van der Waals surface area contributed by atoms with Gasteiger partial charge in [-0.2, -0.15) is 0 Å². The summed E-state index contributed by atoms with van der Waals surface area (Å²) in [5.74, 6) is 1.19. The van der Waals surface area contributed by atoms with E-state index >= 15 is 0 Å². The fraction of sp³-hybridized carbons (Fsp3) is 0.122. The molecule has 5 aromatic rings. The number of rotatable bonds is 6. The lowest BCUT2D eigenvalue weighted by molar-refractivity contribution is 0.499. The molecule has 0 saturated heterocycles. The van der Waals surface area contributed by atoms with Crippen LogP contribution in [0.25, 0.3) is 28.0 Å². The highest BCUT2D eigenvalue weighted by molar-refractivity contribution is 6.13. The van der Waals surface area contributed by atoms with Crippen LogP contribution in [-0.2, 0) is 18.4 Å². The van der Waals surface area contributed by atoms with Crippen LogP contribution in [0.3, 0.4) is 0 Å². The number of nitrogens with zero attached hydrogens (tertiary/aromatic N) is 3. The SMILES string of the molecule is C=NC(=NC(=NCc1ccc2c(c1)-c1ccccc1C2(C1=CCC=CC=C1)C1C=CC=CN1)c1ccc2c(c1)C=CCC2)c1ccc2ccccc2c1. The first-order valence-electron chi connectivity index (χ1n) is 18.5. The van der Waals surface area contributed by atoms with Crippen LogP contribution in [-0.4, -0.2) is 24.4 Å². The fourth-order valence-corrected chi connectivity index (χ4v) is 8.42. The van der Waals surface area contributed by atoms with Crippen molar-refractivity contribution >= 4 is 35.2 Å². The Morgan fingerprint density at radius 2 is 1.58 bits per heavy atom. The Morgan fingerprint density at radius 1 is 0.736 bits per heavy atom. The summed E-state index contributed by atoms with van der Waals surface area (Å²) < 4.78 is 0. The highest BCUT2D eigenvalue weighted by atomic mass is 15.0. The molecule has 0 radical (unpaired) electrons. The lowest BCUT2D eigenvalue weighted by Crippen LogP contribution is -2.47. The number of fused-ring (bicyclic) bond motifs is 5. The molecule has 4 nitrogen and oxygen atoms in total. The molecule has 0 saturated carbocycles. The van der Waals surface area contributed by atoms with Crippen LogP contribution in [0, 0.1) is 0 Å². The van der Waals surface area contributed by atoms with Gasteiger partial charge < -0.3 is 5.32 Å². The van der Waals surface area contributed by atoms with Crippen LogP contribution in [0.5, 0.6) is 0 Å². The molecule has 4 aliphatic rings. The molecule has 1 heterocycles. The van der Waals surface area contributed by atoms with E-state index in [4.69, 9.17) is 9.98 Å². The predicted molar refractivity (Wildman–Crippen MR) is 223 cm³/mol. The molecule has 1 N–H and O–H groups in total. The molecule has 5 aromatic carbocycles. The molecule has 0 amide bonds. The van der Waals surface area contributed by atoms with E-state index in [0.717, 1.165) is 41.3 Å². The molecule has 0 bridgehead atoms. The molecule has 2 unspecified atom stereocenters. The van der Waals surface area contributed by atoms with Crippen molar-refractivity contribution in [2.24, 2.45) is 15.0 Å². The maximum Gasteiger partial charge on any atom is 0.161 e. The van der Waals surface area contributed by atoms with Crippen molar-refractivity contribution < 1.29 is 0 Å². The zero-order valence-corrected chi connectivity index (χ0v) is 29.6. The molecule has 9 rings (SSSR count). The molecule has 53 heavy (non-hydrogen) atoms. The summed E-state index contributed by atoms with van der Waals surface area (Å²) in [5, 5.41) is 6.03. The number of hydrogen-bond donors (Lipinski definition) is 1. The third-order valence-corrected chi connectivity index (χ3v) is 10.9. The number of benzene rings is 5. The maximum atomic E-state index is 5.25. The van der Waals surface area contributed by atoms with Crippen LogP contribution in [0.4, 0.5) is 0 Å². The summed E-state index contributed by atoms with van der Waals surface area (Å²) in [4.78, 5) is 14.8. The second kappa shape index (κ2) is 14.0. The standard InChI is InChI=1S/C49H40N4/c1-50-47(39-26-24-35-14-6-8-16-37(35)31-39)53-48(40-27-25-36-15-7-9-17-38(36)32-40)52-33-34-23-28-45-43(30-34)42-20-10-11-21-44(42)49(45,46-22-12-13-29-51-46)41-18-4-2-3-5-19-41/h2-4,6,8-14,16-32,46,51H,1,5,7,15,33H2. The van der Waals surface area contributed by atoms with E-state index in [1.54, 1.807) is 0 Å². The van der Waals surface area contributed by atoms with Crippen molar-refractivity contribution in [1.29, 1.82) is 0 Å². The Labute approximate surface area is 311 Å². The summed E-state index contributed by atoms with van der Waals surface area (Å²) >= 11 is 0. The Morgan fingerprint density at radius 3 is 2.49 bits per heavy atom. The van der Waals surface area contributed by atoms with Crippen LogP contribution in [0.1, 0.15) is 51.8 Å². The summed E-state index contributed by atoms with van der Waals surface area (Å²) in [6, 6.07) is 37.1. The first-order chi connectivity index (χ1) is 26.2. The molecule has 4 heteroatoms. The molecule has 0 fully saturated rings. The summed E-state index contributed by atoms with van der Waals surface area (Å²) in [7, 11) is 0. The molecule has 2 atom stereocenters. The summed E-state index contributed by atoms with van der Waals surface area (Å²) in [6.07, 6.45) is 27.3. The number of nitrogens with one attached hydrogen (secondary N) is 1. The Bertz CT molecular complexity index is 2520. The number of aliphatic imine (C=N–C) groups is 3. The maximum absolute atomic E-state index is 5.25. The minimum atomic E-state index is -0.395. The number of allylic oxidation sites excluding steroid dienone is 8. The van der Waals surface area contributed by atoms with Crippen molar-refractivity contribution in [2.75, 3.05) is 0 Å². The van der Waals surface area contributed by atoms with Gasteiger partial charge in [0.25, 0.3) is 0 Å².